The third-order valence-electron chi connectivity index (χ3n) is 3.33. The van der Waals surface area contributed by atoms with Crippen molar-refractivity contribution in [3.63, 3.8) is 0 Å². The summed E-state index contributed by atoms with van der Waals surface area (Å²) in [6, 6.07) is 14.2. The Morgan fingerprint density at radius 1 is 1.13 bits per heavy atom. The van der Waals surface area contributed by atoms with Crippen LogP contribution in [-0.2, 0) is 11.2 Å². The van der Waals surface area contributed by atoms with Crippen LogP contribution in [0, 0.1) is 0 Å². The molecule has 0 heterocycles. The molecular formula is C18H20N2O3. The normalized spacial score (nSPS) is 11.1. The smallest absolute Gasteiger partial charge is 0.277 e. The van der Waals surface area contributed by atoms with Crippen molar-refractivity contribution in [2.45, 2.75) is 20.3 Å². The summed E-state index contributed by atoms with van der Waals surface area (Å²) in [5.74, 6) is 0.507. The van der Waals surface area contributed by atoms with Gasteiger partial charge < -0.3 is 9.84 Å². The van der Waals surface area contributed by atoms with Gasteiger partial charge in [-0.25, -0.2) is 5.43 Å². The fourth-order valence-electron chi connectivity index (χ4n) is 1.92. The Kier molecular flexibility index (Phi) is 5.74. The average molecular weight is 312 g/mol. The molecule has 0 aliphatic rings. The highest BCUT2D eigenvalue weighted by Gasteiger charge is 2.03. The zero-order valence-electron chi connectivity index (χ0n) is 13.2. The number of aryl methyl sites for hydroxylation is 1. The summed E-state index contributed by atoms with van der Waals surface area (Å²) in [6.07, 6.45) is 0.964. The van der Waals surface area contributed by atoms with E-state index in [2.05, 4.69) is 17.5 Å². The zero-order chi connectivity index (χ0) is 16.7. The van der Waals surface area contributed by atoms with E-state index in [-0.39, 0.29) is 18.3 Å². The lowest BCUT2D eigenvalue weighted by Gasteiger charge is -2.06. The first-order chi connectivity index (χ1) is 11.1. The van der Waals surface area contributed by atoms with Crippen molar-refractivity contribution in [1.82, 2.24) is 5.43 Å². The highest BCUT2D eigenvalue weighted by atomic mass is 16.5. The fraction of sp³-hybridized carbons (Fsp3) is 0.222. The zero-order valence-corrected chi connectivity index (χ0v) is 13.2. The molecule has 2 aromatic carbocycles. The van der Waals surface area contributed by atoms with Gasteiger partial charge in [-0.1, -0.05) is 19.1 Å². The molecule has 0 aromatic heterocycles. The van der Waals surface area contributed by atoms with Gasteiger partial charge in [-0.05, 0) is 60.9 Å². The molecule has 23 heavy (non-hydrogen) atoms. The van der Waals surface area contributed by atoms with Crippen molar-refractivity contribution < 1.29 is 14.6 Å². The SMILES string of the molecule is CCc1ccc(OCC(=O)N/N=C(\C)c2ccc(O)cc2)cc1. The Bertz CT molecular complexity index is 676. The number of ether oxygens (including phenoxy) is 1. The van der Waals surface area contributed by atoms with Gasteiger partial charge in [0.15, 0.2) is 6.61 Å². The standard InChI is InChI=1S/C18H20N2O3/c1-3-14-4-10-17(11-5-14)23-12-18(22)20-19-13(2)15-6-8-16(21)9-7-15/h4-11,21H,3,12H2,1-2H3,(H,20,22)/b19-13+. The van der Waals surface area contributed by atoms with E-state index in [1.54, 1.807) is 31.2 Å². The van der Waals surface area contributed by atoms with E-state index in [9.17, 15) is 9.90 Å². The first-order valence-corrected chi connectivity index (χ1v) is 7.42. The fourth-order valence-corrected chi connectivity index (χ4v) is 1.92. The van der Waals surface area contributed by atoms with Crippen LogP contribution in [0.1, 0.15) is 25.0 Å². The quantitative estimate of drug-likeness (QED) is 0.636. The lowest BCUT2D eigenvalue weighted by molar-refractivity contribution is -0.123. The van der Waals surface area contributed by atoms with E-state index in [0.29, 0.717) is 11.5 Å². The summed E-state index contributed by atoms with van der Waals surface area (Å²) in [7, 11) is 0. The monoisotopic (exact) mass is 312 g/mol. The van der Waals surface area contributed by atoms with Gasteiger partial charge in [-0.3, -0.25) is 4.79 Å². The number of hydrogen-bond acceptors (Lipinski definition) is 4. The second-order valence-electron chi connectivity index (χ2n) is 5.07. The van der Waals surface area contributed by atoms with Crippen LogP contribution in [-0.4, -0.2) is 23.3 Å². The van der Waals surface area contributed by atoms with Crippen LogP contribution in [0.3, 0.4) is 0 Å². The number of aromatic hydroxyl groups is 1. The van der Waals surface area contributed by atoms with E-state index in [4.69, 9.17) is 4.74 Å². The van der Waals surface area contributed by atoms with Gasteiger partial charge >= 0.3 is 0 Å². The predicted octanol–water partition coefficient (Wildman–Crippen LogP) is 2.87. The van der Waals surface area contributed by atoms with Crippen LogP contribution in [0.25, 0.3) is 0 Å². The number of hydrazone groups is 1. The highest BCUT2D eigenvalue weighted by molar-refractivity contribution is 5.99. The number of rotatable bonds is 6. The van der Waals surface area contributed by atoms with Gasteiger partial charge in [0.25, 0.3) is 5.91 Å². The van der Waals surface area contributed by atoms with Gasteiger partial charge in [0, 0.05) is 0 Å². The van der Waals surface area contributed by atoms with E-state index in [1.807, 2.05) is 24.3 Å². The van der Waals surface area contributed by atoms with Crippen molar-refractivity contribution in [2.75, 3.05) is 6.61 Å². The molecular weight excluding hydrogens is 292 g/mol. The Morgan fingerprint density at radius 2 is 1.78 bits per heavy atom. The van der Waals surface area contributed by atoms with E-state index in [1.165, 1.54) is 5.56 Å². The third-order valence-corrected chi connectivity index (χ3v) is 3.33. The van der Waals surface area contributed by atoms with Crippen LogP contribution >= 0.6 is 0 Å². The molecule has 2 aromatic rings. The lowest BCUT2D eigenvalue weighted by Crippen LogP contribution is -2.25. The largest absolute Gasteiger partial charge is 0.508 e. The van der Waals surface area contributed by atoms with Gasteiger partial charge in [0.05, 0.1) is 5.71 Å². The second-order valence-corrected chi connectivity index (χ2v) is 5.07. The molecule has 1 amide bonds. The molecule has 0 unspecified atom stereocenters. The Balaban J connectivity index is 1.84. The molecule has 0 saturated heterocycles. The van der Waals surface area contributed by atoms with E-state index in [0.717, 1.165) is 12.0 Å². The molecule has 120 valence electrons. The Labute approximate surface area is 135 Å². The van der Waals surface area contributed by atoms with Crippen molar-refractivity contribution in [3.8, 4) is 11.5 Å². The Hall–Kier alpha value is -2.82. The summed E-state index contributed by atoms with van der Waals surface area (Å²) >= 11 is 0. The Morgan fingerprint density at radius 3 is 2.39 bits per heavy atom. The number of nitrogens with zero attached hydrogens (tertiary/aromatic N) is 1. The lowest BCUT2D eigenvalue weighted by atomic mass is 10.1. The molecule has 5 nitrogen and oxygen atoms in total. The number of nitrogens with one attached hydrogen (secondary N) is 1. The molecule has 0 fully saturated rings. The van der Waals surface area contributed by atoms with E-state index >= 15 is 0 Å². The minimum Gasteiger partial charge on any atom is -0.508 e. The maximum atomic E-state index is 11.7. The molecule has 5 heteroatoms. The maximum Gasteiger partial charge on any atom is 0.277 e. The molecule has 0 bridgehead atoms. The summed E-state index contributed by atoms with van der Waals surface area (Å²) in [4.78, 5) is 11.7. The summed E-state index contributed by atoms with van der Waals surface area (Å²) in [5.41, 5.74) is 5.13. The van der Waals surface area contributed by atoms with Crippen molar-refractivity contribution in [3.05, 3.63) is 59.7 Å². The summed E-state index contributed by atoms with van der Waals surface area (Å²) in [6.45, 7) is 3.76. The third kappa shape index (κ3) is 5.14. The molecule has 0 aliphatic heterocycles. The maximum absolute atomic E-state index is 11.7. The number of carbonyl (C=O) groups is 1. The highest BCUT2D eigenvalue weighted by Crippen LogP contribution is 2.12. The molecule has 0 aliphatic carbocycles. The first-order valence-electron chi connectivity index (χ1n) is 7.42. The molecule has 0 saturated carbocycles. The van der Waals surface area contributed by atoms with Crippen LogP contribution < -0.4 is 10.2 Å². The first kappa shape index (κ1) is 16.5. The average Bonchev–Trinajstić information content (AvgIpc) is 2.59. The number of benzene rings is 2. The summed E-state index contributed by atoms with van der Waals surface area (Å²) in [5, 5.41) is 13.3. The molecule has 0 spiro atoms. The minimum atomic E-state index is -0.331. The van der Waals surface area contributed by atoms with Gasteiger partial charge in [0.1, 0.15) is 11.5 Å². The van der Waals surface area contributed by atoms with Gasteiger partial charge in [-0.2, -0.15) is 5.10 Å². The minimum absolute atomic E-state index is 0.0994. The number of carbonyl (C=O) groups excluding carboxylic acids is 1. The van der Waals surface area contributed by atoms with Crippen LogP contribution in [0.2, 0.25) is 0 Å². The topological polar surface area (TPSA) is 70.9 Å². The number of phenols is 1. The van der Waals surface area contributed by atoms with Crippen molar-refractivity contribution in [2.24, 2.45) is 5.10 Å². The van der Waals surface area contributed by atoms with Crippen LogP contribution in [0.15, 0.2) is 53.6 Å². The van der Waals surface area contributed by atoms with Gasteiger partial charge in [-0.15, -0.1) is 0 Å². The van der Waals surface area contributed by atoms with Gasteiger partial charge in [0.2, 0.25) is 0 Å². The molecule has 2 rings (SSSR count). The number of amides is 1. The second kappa shape index (κ2) is 7.98. The van der Waals surface area contributed by atoms with E-state index < -0.39 is 0 Å². The van der Waals surface area contributed by atoms with Crippen molar-refractivity contribution >= 4 is 11.6 Å². The predicted molar refractivity (Wildman–Crippen MR) is 89.8 cm³/mol. The molecule has 0 radical (unpaired) electrons. The summed E-state index contributed by atoms with van der Waals surface area (Å²) < 4.78 is 5.41. The molecule has 0 atom stereocenters. The van der Waals surface area contributed by atoms with Crippen LogP contribution in [0.5, 0.6) is 11.5 Å². The van der Waals surface area contributed by atoms with Crippen LogP contribution in [0.4, 0.5) is 0 Å². The number of phenolic OH excluding ortho intramolecular Hbond substituents is 1. The van der Waals surface area contributed by atoms with Crippen molar-refractivity contribution in [1.29, 1.82) is 0 Å². The number of hydrogen-bond donors (Lipinski definition) is 2. The molecule has 2 N–H and O–H groups in total.